The van der Waals surface area contributed by atoms with E-state index in [2.05, 4.69) is 56.1 Å². The summed E-state index contributed by atoms with van der Waals surface area (Å²) in [6, 6.07) is 22.7. The Morgan fingerprint density at radius 3 is 2.62 bits per heavy atom. The predicted molar refractivity (Wildman–Crippen MR) is 134 cm³/mol. The number of carbonyl (C=O) groups is 1. The van der Waals surface area contributed by atoms with Crippen LogP contribution in [0.2, 0.25) is 0 Å². The van der Waals surface area contributed by atoms with Crippen molar-refractivity contribution in [3.63, 3.8) is 0 Å². The van der Waals surface area contributed by atoms with Crippen LogP contribution in [0.4, 0.5) is 0 Å². The highest BCUT2D eigenvalue weighted by Gasteiger charge is 2.27. The molecule has 0 fully saturated rings. The Morgan fingerprint density at radius 1 is 1.03 bits per heavy atom. The van der Waals surface area contributed by atoms with Crippen LogP contribution in [-0.4, -0.2) is 43.4 Å². The fraction of sp³-hybridized carbons (Fsp3) is 0.259. The van der Waals surface area contributed by atoms with Gasteiger partial charge in [-0.15, -0.1) is 10.2 Å². The van der Waals surface area contributed by atoms with Gasteiger partial charge in [0.15, 0.2) is 11.0 Å². The van der Waals surface area contributed by atoms with Crippen LogP contribution in [0.3, 0.4) is 0 Å². The molecule has 1 aliphatic carbocycles. The molecule has 0 saturated carbocycles. The molecule has 2 heterocycles. The molecule has 4 aromatic rings. The van der Waals surface area contributed by atoms with Crippen molar-refractivity contribution in [2.75, 3.05) is 12.8 Å². The second-order valence-corrected chi connectivity index (χ2v) is 9.46. The van der Waals surface area contributed by atoms with E-state index >= 15 is 0 Å². The number of thioether (sulfide) groups is 1. The molecule has 7 heteroatoms. The number of amides is 1. The number of benzene rings is 2. The Hall–Kier alpha value is -3.45. The minimum Gasteiger partial charge on any atom is -0.338 e. The van der Waals surface area contributed by atoms with Crippen LogP contribution in [-0.2, 0) is 17.8 Å². The monoisotopic (exact) mass is 469 g/mol. The molecule has 0 spiro atoms. The largest absolute Gasteiger partial charge is 0.338 e. The molecule has 0 N–H and O–H groups in total. The summed E-state index contributed by atoms with van der Waals surface area (Å²) in [5, 5.41) is 9.66. The topological polar surface area (TPSA) is 63.9 Å². The van der Waals surface area contributed by atoms with E-state index in [0.717, 1.165) is 41.4 Å². The molecule has 1 aliphatic rings. The summed E-state index contributed by atoms with van der Waals surface area (Å²) in [6.45, 7) is 0.633. The van der Waals surface area contributed by atoms with Gasteiger partial charge in [-0.3, -0.25) is 14.3 Å². The van der Waals surface area contributed by atoms with Gasteiger partial charge in [-0.2, -0.15) is 0 Å². The van der Waals surface area contributed by atoms with Crippen LogP contribution in [0.1, 0.15) is 35.6 Å². The maximum atomic E-state index is 13.2. The number of aromatic nitrogens is 4. The van der Waals surface area contributed by atoms with Crippen LogP contribution >= 0.6 is 11.8 Å². The Labute approximate surface area is 204 Å². The van der Waals surface area contributed by atoms with Gasteiger partial charge in [0.05, 0.1) is 18.3 Å². The molecule has 34 heavy (non-hydrogen) atoms. The Bertz CT molecular complexity index is 1260. The van der Waals surface area contributed by atoms with E-state index in [9.17, 15) is 4.79 Å². The number of fused-ring (bicyclic) bond motifs is 1. The number of carbonyl (C=O) groups excluding carboxylic acids is 1. The maximum Gasteiger partial charge on any atom is 0.233 e. The smallest absolute Gasteiger partial charge is 0.233 e. The number of nitrogens with zero attached hydrogens (tertiary/aromatic N) is 5. The van der Waals surface area contributed by atoms with Crippen LogP contribution < -0.4 is 0 Å². The first-order valence-electron chi connectivity index (χ1n) is 11.5. The predicted octanol–water partition coefficient (Wildman–Crippen LogP) is 5.02. The number of pyridine rings is 1. The van der Waals surface area contributed by atoms with Crippen molar-refractivity contribution in [1.82, 2.24) is 24.6 Å². The molecular weight excluding hydrogens is 442 g/mol. The van der Waals surface area contributed by atoms with E-state index in [-0.39, 0.29) is 11.9 Å². The first-order valence-corrected chi connectivity index (χ1v) is 12.5. The van der Waals surface area contributed by atoms with Gasteiger partial charge in [0.2, 0.25) is 5.91 Å². The van der Waals surface area contributed by atoms with E-state index in [1.165, 1.54) is 22.9 Å². The molecule has 0 unspecified atom stereocenters. The minimum atomic E-state index is 0.103. The molecular formula is C27H27N5OS. The van der Waals surface area contributed by atoms with Crippen LogP contribution in [0, 0.1) is 0 Å². The van der Waals surface area contributed by atoms with E-state index in [1.54, 1.807) is 12.4 Å². The van der Waals surface area contributed by atoms with Gasteiger partial charge < -0.3 is 4.90 Å². The molecule has 6 nitrogen and oxygen atoms in total. The molecule has 0 saturated heterocycles. The molecule has 1 atom stereocenters. The third kappa shape index (κ3) is 4.75. The van der Waals surface area contributed by atoms with Crippen molar-refractivity contribution in [3.05, 3.63) is 95.8 Å². The van der Waals surface area contributed by atoms with Crippen molar-refractivity contribution in [2.24, 2.45) is 0 Å². The van der Waals surface area contributed by atoms with Crippen molar-refractivity contribution < 1.29 is 4.79 Å². The number of hydrogen-bond acceptors (Lipinski definition) is 5. The zero-order valence-electron chi connectivity index (χ0n) is 19.2. The summed E-state index contributed by atoms with van der Waals surface area (Å²) in [5.74, 6) is 1.19. The quantitative estimate of drug-likeness (QED) is 0.356. The first-order chi connectivity index (χ1) is 16.7. The summed E-state index contributed by atoms with van der Waals surface area (Å²) < 4.78 is 2.08. The van der Waals surface area contributed by atoms with Crippen molar-refractivity contribution in [2.45, 2.75) is 37.0 Å². The molecule has 2 aromatic carbocycles. The molecule has 1 amide bonds. The summed E-state index contributed by atoms with van der Waals surface area (Å²) in [4.78, 5) is 19.2. The van der Waals surface area contributed by atoms with Crippen LogP contribution in [0.15, 0.2) is 84.3 Å². The average Bonchev–Trinajstić information content (AvgIpc) is 3.29. The molecule has 2 aromatic heterocycles. The van der Waals surface area contributed by atoms with Gasteiger partial charge in [0.1, 0.15) is 0 Å². The van der Waals surface area contributed by atoms with Crippen molar-refractivity contribution >= 4 is 17.7 Å². The first kappa shape index (κ1) is 22.3. The normalized spacial score (nSPS) is 15.0. The lowest BCUT2D eigenvalue weighted by Gasteiger charge is -2.33. The number of aryl methyl sites for hydroxylation is 1. The molecule has 0 aliphatic heterocycles. The van der Waals surface area contributed by atoms with E-state index in [0.29, 0.717) is 12.3 Å². The second-order valence-electron chi connectivity index (χ2n) is 8.51. The summed E-state index contributed by atoms with van der Waals surface area (Å²) in [7, 11) is 1.92. The lowest BCUT2D eigenvalue weighted by molar-refractivity contribution is -0.129. The zero-order valence-corrected chi connectivity index (χ0v) is 20.0. The number of rotatable bonds is 7. The van der Waals surface area contributed by atoms with Crippen molar-refractivity contribution in [3.8, 4) is 11.4 Å². The number of hydrogen-bond donors (Lipinski definition) is 0. The SMILES string of the molecule is CN(C(=O)CSc1nnc(-c2ccncc2)n1Cc1ccccc1)[C@@H]1CCCc2ccccc21. The third-order valence-corrected chi connectivity index (χ3v) is 7.31. The molecule has 0 radical (unpaired) electrons. The summed E-state index contributed by atoms with van der Waals surface area (Å²) in [6.07, 6.45) is 6.70. The van der Waals surface area contributed by atoms with Gasteiger partial charge in [-0.1, -0.05) is 66.4 Å². The molecule has 0 bridgehead atoms. The average molecular weight is 470 g/mol. The molecule has 172 valence electrons. The van der Waals surface area contributed by atoms with Gasteiger partial charge in [0, 0.05) is 25.0 Å². The van der Waals surface area contributed by atoms with Crippen molar-refractivity contribution in [1.29, 1.82) is 0 Å². The lowest BCUT2D eigenvalue weighted by atomic mass is 9.87. The highest BCUT2D eigenvalue weighted by Crippen LogP contribution is 2.34. The van der Waals surface area contributed by atoms with E-state index in [1.807, 2.05) is 42.3 Å². The Morgan fingerprint density at radius 2 is 1.79 bits per heavy atom. The van der Waals surface area contributed by atoms with E-state index in [4.69, 9.17) is 0 Å². The van der Waals surface area contributed by atoms with E-state index < -0.39 is 0 Å². The zero-order chi connectivity index (χ0) is 23.3. The van der Waals surface area contributed by atoms with Gasteiger partial charge >= 0.3 is 0 Å². The summed E-state index contributed by atoms with van der Waals surface area (Å²) >= 11 is 1.45. The van der Waals surface area contributed by atoms with Gasteiger partial charge in [-0.25, -0.2) is 0 Å². The lowest BCUT2D eigenvalue weighted by Crippen LogP contribution is -2.34. The fourth-order valence-electron chi connectivity index (χ4n) is 4.55. The highest BCUT2D eigenvalue weighted by molar-refractivity contribution is 7.99. The highest BCUT2D eigenvalue weighted by atomic mass is 32.2. The van der Waals surface area contributed by atoms with Gasteiger partial charge in [0.25, 0.3) is 0 Å². The standard InChI is InChI=1S/C27H27N5OS/c1-31(24-13-7-11-21-10-5-6-12-23(21)24)25(33)19-34-27-30-29-26(22-14-16-28-17-15-22)32(27)18-20-8-3-2-4-9-20/h2-6,8-10,12,14-17,24H,7,11,13,18-19H2,1H3/t24-/m1/s1. The third-order valence-electron chi connectivity index (χ3n) is 6.36. The summed E-state index contributed by atoms with van der Waals surface area (Å²) in [5.41, 5.74) is 4.74. The fourth-order valence-corrected chi connectivity index (χ4v) is 5.41. The second kappa shape index (κ2) is 10.2. The maximum absolute atomic E-state index is 13.2. The van der Waals surface area contributed by atoms with Crippen LogP contribution in [0.5, 0.6) is 0 Å². The minimum absolute atomic E-state index is 0.103. The Kier molecular flexibility index (Phi) is 6.72. The van der Waals surface area contributed by atoms with Gasteiger partial charge in [-0.05, 0) is 48.1 Å². The Balaban J connectivity index is 1.35. The molecule has 5 rings (SSSR count). The van der Waals surface area contributed by atoms with Crippen LogP contribution in [0.25, 0.3) is 11.4 Å².